The van der Waals surface area contributed by atoms with Crippen molar-refractivity contribution in [3.63, 3.8) is 0 Å². The third kappa shape index (κ3) is 3.40. The van der Waals surface area contributed by atoms with Crippen LogP contribution in [0.15, 0.2) is 65.6 Å². The fourth-order valence-electron chi connectivity index (χ4n) is 2.45. The Bertz CT molecular complexity index is 988. The van der Waals surface area contributed by atoms with E-state index in [4.69, 9.17) is 4.74 Å². The topological polar surface area (TPSA) is 55.0 Å². The summed E-state index contributed by atoms with van der Waals surface area (Å²) in [5.41, 5.74) is 1.46. The molecular formula is C19H12F2N2O2. The van der Waals surface area contributed by atoms with Crippen LogP contribution in [0.2, 0.25) is 0 Å². The number of halogens is 2. The van der Waals surface area contributed by atoms with Gasteiger partial charge in [-0.25, -0.2) is 8.78 Å². The smallest absolute Gasteiger partial charge is 0.256 e. The first kappa shape index (κ1) is 16.4. The Morgan fingerprint density at radius 2 is 1.76 bits per heavy atom. The molecule has 0 N–H and O–H groups in total. The van der Waals surface area contributed by atoms with Gasteiger partial charge in [-0.1, -0.05) is 12.1 Å². The van der Waals surface area contributed by atoms with E-state index < -0.39 is 6.86 Å². The van der Waals surface area contributed by atoms with Crippen molar-refractivity contribution < 1.29 is 13.5 Å². The molecule has 0 aliphatic carbocycles. The largest absolute Gasteiger partial charge is 0.463 e. The van der Waals surface area contributed by atoms with E-state index in [9.17, 15) is 18.8 Å². The number of nitriles is 1. The molecule has 0 unspecified atom stereocenters. The second-order valence-corrected chi connectivity index (χ2v) is 5.18. The Hall–Kier alpha value is -3.46. The number of aromatic nitrogens is 1. The molecule has 0 atom stereocenters. The van der Waals surface area contributed by atoms with Gasteiger partial charge in [-0.2, -0.15) is 5.26 Å². The van der Waals surface area contributed by atoms with Crippen molar-refractivity contribution in [2.75, 3.05) is 6.86 Å². The number of pyridine rings is 1. The van der Waals surface area contributed by atoms with Gasteiger partial charge in [0, 0.05) is 23.5 Å². The van der Waals surface area contributed by atoms with E-state index in [0.29, 0.717) is 22.6 Å². The van der Waals surface area contributed by atoms with Crippen LogP contribution in [0.4, 0.5) is 8.78 Å². The van der Waals surface area contributed by atoms with Crippen LogP contribution in [0, 0.1) is 17.1 Å². The van der Waals surface area contributed by atoms with Crippen LogP contribution in [-0.4, -0.2) is 11.4 Å². The second-order valence-electron chi connectivity index (χ2n) is 5.18. The quantitative estimate of drug-likeness (QED) is 0.727. The minimum absolute atomic E-state index is 0.199. The number of alkyl halides is 1. The number of nitrogens with zero attached hydrogens (tertiary/aromatic N) is 2. The highest BCUT2D eigenvalue weighted by atomic mass is 19.1. The molecule has 2 aromatic carbocycles. The van der Waals surface area contributed by atoms with Crippen LogP contribution in [0.3, 0.4) is 0 Å². The van der Waals surface area contributed by atoms with Crippen LogP contribution in [0.25, 0.3) is 16.8 Å². The molecular weight excluding hydrogens is 326 g/mol. The van der Waals surface area contributed by atoms with Crippen LogP contribution in [-0.2, 0) is 0 Å². The van der Waals surface area contributed by atoms with E-state index in [1.165, 1.54) is 41.1 Å². The van der Waals surface area contributed by atoms with Crippen molar-refractivity contribution in [1.29, 1.82) is 5.26 Å². The summed E-state index contributed by atoms with van der Waals surface area (Å²) in [6.07, 6.45) is 1.53. The molecule has 1 aromatic heterocycles. The zero-order valence-corrected chi connectivity index (χ0v) is 12.9. The van der Waals surface area contributed by atoms with Crippen molar-refractivity contribution in [3.05, 3.63) is 82.5 Å². The van der Waals surface area contributed by atoms with Gasteiger partial charge in [0.25, 0.3) is 5.56 Å². The summed E-state index contributed by atoms with van der Waals surface area (Å²) < 4.78 is 31.4. The summed E-state index contributed by atoms with van der Waals surface area (Å²) in [6.45, 7) is -0.940. The fraction of sp³-hybridized carbons (Fsp3) is 0.0526. The number of hydrogen-bond acceptors (Lipinski definition) is 3. The molecule has 1 heterocycles. The highest BCUT2D eigenvalue weighted by Gasteiger charge is 2.10. The van der Waals surface area contributed by atoms with E-state index >= 15 is 0 Å². The summed E-state index contributed by atoms with van der Waals surface area (Å²) in [5.74, 6) is -0.0502. The zero-order chi connectivity index (χ0) is 17.8. The van der Waals surface area contributed by atoms with Crippen molar-refractivity contribution in [1.82, 2.24) is 4.57 Å². The molecule has 0 aliphatic heterocycles. The number of benzene rings is 2. The number of hydrogen-bond donors (Lipinski definition) is 0. The Kier molecular flexibility index (Phi) is 4.57. The first-order valence-electron chi connectivity index (χ1n) is 7.34. The number of rotatable bonds is 4. The van der Waals surface area contributed by atoms with E-state index in [2.05, 4.69) is 0 Å². The lowest BCUT2D eigenvalue weighted by Crippen LogP contribution is -2.18. The molecule has 124 valence electrons. The van der Waals surface area contributed by atoms with Gasteiger partial charge in [0.15, 0.2) is 0 Å². The van der Waals surface area contributed by atoms with Gasteiger partial charge in [-0.15, -0.1) is 0 Å². The predicted octanol–water partition coefficient (Wildman–Crippen LogP) is 3.82. The first-order valence-corrected chi connectivity index (χ1v) is 7.34. The highest BCUT2D eigenvalue weighted by Crippen LogP contribution is 2.24. The molecule has 0 bridgehead atoms. The minimum Gasteiger partial charge on any atom is -0.463 e. The van der Waals surface area contributed by atoms with Gasteiger partial charge in [0.2, 0.25) is 6.86 Å². The second kappa shape index (κ2) is 6.97. The molecule has 0 fully saturated rings. The lowest BCUT2D eigenvalue weighted by Gasteiger charge is -2.11. The van der Waals surface area contributed by atoms with Crippen LogP contribution in [0.5, 0.6) is 5.75 Å². The molecule has 0 spiro atoms. The van der Waals surface area contributed by atoms with Crippen LogP contribution >= 0.6 is 0 Å². The maximum Gasteiger partial charge on any atom is 0.256 e. The van der Waals surface area contributed by atoms with Crippen molar-refractivity contribution >= 4 is 0 Å². The van der Waals surface area contributed by atoms with E-state index in [-0.39, 0.29) is 16.9 Å². The van der Waals surface area contributed by atoms with Gasteiger partial charge in [-0.05, 0) is 42.0 Å². The molecule has 4 nitrogen and oxygen atoms in total. The van der Waals surface area contributed by atoms with Gasteiger partial charge in [-0.3, -0.25) is 9.36 Å². The van der Waals surface area contributed by atoms with E-state index in [1.807, 2.05) is 6.07 Å². The van der Waals surface area contributed by atoms with Crippen LogP contribution < -0.4 is 10.3 Å². The molecule has 25 heavy (non-hydrogen) atoms. The molecule has 0 aliphatic rings. The molecule has 3 aromatic rings. The third-order valence-electron chi connectivity index (χ3n) is 3.67. The standard InChI is InChI=1S/C19H12F2N2O2/c20-12-25-17-7-5-16(6-8-17)23-11-18(14(10-22)9-19(23)24)13-1-3-15(21)4-2-13/h1-9,11H,12H2. The van der Waals surface area contributed by atoms with Crippen molar-refractivity contribution in [3.8, 4) is 28.6 Å². The Balaban J connectivity index is 2.12. The van der Waals surface area contributed by atoms with Gasteiger partial charge in [0.1, 0.15) is 17.6 Å². The van der Waals surface area contributed by atoms with Crippen molar-refractivity contribution in [2.24, 2.45) is 0 Å². The van der Waals surface area contributed by atoms with E-state index in [1.54, 1.807) is 24.3 Å². The fourth-order valence-corrected chi connectivity index (χ4v) is 2.45. The first-order chi connectivity index (χ1) is 12.1. The average molecular weight is 338 g/mol. The van der Waals surface area contributed by atoms with Gasteiger partial charge >= 0.3 is 0 Å². The highest BCUT2D eigenvalue weighted by molar-refractivity contribution is 5.70. The minimum atomic E-state index is -0.940. The predicted molar refractivity (Wildman–Crippen MR) is 88.8 cm³/mol. The summed E-state index contributed by atoms with van der Waals surface area (Å²) in [5, 5.41) is 9.29. The van der Waals surface area contributed by atoms with Crippen molar-refractivity contribution in [2.45, 2.75) is 0 Å². The maximum atomic E-state index is 13.1. The summed E-state index contributed by atoms with van der Waals surface area (Å²) in [6, 6.07) is 15.2. The lowest BCUT2D eigenvalue weighted by molar-refractivity contribution is 0.192. The normalized spacial score (nSPS) is 10.3. The lowest BCUT2D eigenvalue weighted by atomic mass is 10.0. The third-order valence-corrected chi connectivity index (χ3v) is 3.67. The van der Waals surface area contributed by atoms with E-state index in [0.717, 1.165) is 0 Å². The van der Waals surface area contributed by atoms with Gasteiger partial charge < -0.3 is 4.74 Å². The molecule has 0 radical (unpaired) electrons. The Labute approximate surface area is 142 Å². The summed E-state index contributed by atoms with van der Waals surface area (Å²) >= 11 is 0. The Morgan fingerprint density at radius 3 is 2.36 bits per heavy atom. The number of ether oxygens (including phenoxy) is 1. The zero-order valence-electron chi connectivity index (χ0n) is 12.9. The summed E-state index contributed by atoms with van der Waals surface area (Å²) in [4.78, 5) is 12.3. The molecule has 0 saturated carbocycles. The molecule has 0 amide bonds. The van der Waals surface area contributed by atoms with Gasteiger partial charge in [0.05, 0.1) is 5.56 Å². The monoisotopic (exact) mass is 338 g/mol. The molecule has 6 heteroatoms. The molecule has 3 rings (SSSR count). The maximum absolute atomic E-state index is 13.1. The average Bonchev–Trinajstić information content (AvgIpc) is 2.63. The summed E-state index contributed by atoms with van der Waals surface area (Å²) in [7, 11) is 0. The SMILES string of the molecule is N#Cc1cc(=O)n(-c2ccc(OCF)cc2)cc1-c1ccc(F)cc1. The molecule has 0 saturated heterocycles. The Morgan fingerprint density at radius 1 is 1.08 bits per heavy atom. The van der Waals surface area contributed by atoms with Crippen LogP contribution in [0.1, 0.15) is 5.56 Å².